The van der Waals surface area contributed by atoms with Gasteiger partial charge in [-0.1, -0.05) is 6.42 Å². The van der Waals surface area contributed by atoms with Crippen LogP contribution < -0.4 is 5.73 Å². The van der Waals surface area contributed by atoms with E-state index in [2.05, 4.69) is 16.0 Å². The lowest BCUT2D eigenvalue weighted by atomic mass is 9.98. The summed E-state index contributed by atoms with van der Waals surface area (Å²) >= 11 is 0. The number of likely N-dealkylation sites (tertiary alicyclic amines) is 1. The van der Waals surface area contributed by atoms with Crippen LogP contribution in [-0.2, 0) is 6.54 Å². The molecule has 1 aromatic rings. The Morgan fingerprint density at radius 2 is 2.39 bits per heavy atom. The molecule has 0 amide bonds. The van der Waals surface area contributed by atoms with Crippen LogP contribution in [0.15, 0.2) is 18.3 Å². The van der Waals surface area contributed by atoms with Gasteiger partial charge in [0.1, 0.15) is 11.8 Å². The first kappa shape index (κ1) is 13.0. The predicted octanol–water partition coefficient (Wildman–Crippen LogP) is 1.66. The Morgan fingerprint density at radius 1 is 1.50 bits per heavy atom. The minimum Gasteiger partial charge on any atom is -0.330 e. The molecule has 4 nitrogen and oxygen atoms in total. The van der Waals surface area contributed by atoms with Crippen molar-refractivity contribution in [1.82, 2.24) is 9.88 Å². The maximum absolute atomic E-state index is 8.86. The molecule has 1 aliphatic rings. The summed E-state index contributed by atoms with van der Waals surface area (Å²) in [5.41, 5.74) is 7.35. The monoisotopic (exact) mass is 244 g/mol. The summed E-state index contributed by atoms with van der Waals surface area (Å²) in [4.78, 5) is 6.50. The van der Waals surface area contributed by atoms with Crippen molar-refractivity contribution >= 4 is 0 Å². The van der Waals surface area contributed by atoms with Crippen LogP contribution in [0.25, 0.3) is 0 Å². The van der Waals surface area contributed by atoms with Gasteiger partial charge in [-0.3, -0.25) is 4.90 Å². The number of piperidine rings is 1. The van der Waals surface area contributed by atoms with Crippen molar-refractivity contribution in [2.24, 2.45) is 5.73 Å². The van der Waals surface area contributed by atoms with Crippen molar-refractivity contribution in [2.45, 2.75) is 38.3 Å². The van der Waals surface area contributed by atoms with Crippen molar-refractivity contribution < 1.29 is 0 Å². The van der Waals surface area contributed by atoms with Crippen molar-refractivity contribution in [3.05, 3.63) is 29.6 Å². The van der Waals surface area contributed by atoms with Crippen LogP contribution in [0, 0.1) is 11.3 Å². The zero-order valence-corrected chi connectivity index (χ0v) is 10.7. The zero-order valence-electron chi connectivity index (χ0n) is 10.7. The first-order valence-corrected chi connectivity index (χ1v) is 6.62. The van der Waals surface area contributed by atoms with E-state index >= 15 is 0 Å². The van der Waals surface area contributed by atoms with Gasteiger partial charge in [0, 0.05) is 18.8 Å². The number of hydrogen-bond donors (Lipinski definition) is 1. The van der Waals surface area contributed by atoms with E-state index in [4.69, 9.17) is 11.0 Å². The van der Waals surface area contributed by atoms with E-state index in [-0.39, 0.29) is 0 Å². The summed E-state index contributed by atoms with van der Waals surface area (Å²) in [6.45, 7) is 2.79. The third kappa shape index (κ3) is 3.28. The quantitative estimate of drug-likeness (QED) is 0.874. The highest BCUT2D eigenvalue weighted by atomic mass is 15.2. The fraction of sp³-hybridized carbons (Fsp3) is 0.571. The second-order valence-electron chi connectivity index (χ2n) is 4.86. The van der Waals surface area contributed by atoms with E-state index in [1.54, 1.807) is 6.20 Å². The molecule has 1 fully saturated rings. The van der Waals surface area contributed by atoms with Gasteiger partial charge < -0.3 is 5.73 Å². The van der Waals surface area contributed by atoms with Gasteiger partial charge in [0.05, 0.1) is 0 Å². The number of aromatic nitrogens is 1. The van der Waals surface area contributed by atoms with E-state index < -0.39 is 0 Å². The van der Waals surface area contributed by atoms with Crippen LogP contribution >= 0.6 is 0 Å². The lowest BCUT2D eigenvalue weighted by molar-refractivity contribution is 0.134. The first-order chi connectivity index (χ1) is 8.83. The molecule has 2 rings (SSSR count). The Balaban J connectivity index is 2.03. The topological polar surface area (TPSA) is 65.9 Å². The van der Waals surface area contributed by atoms with E-state index in [1.807, 2.05) is 12.1 Å². The van der Waals surface area contributed by atoms with Crippen molar-refractivity contribution in [3.8, 4) is 6.07 Å². The largest absolute Gasteiger partial charge is 0.330 e. The summed E-state index contributed by atoms with van der Waals surface area (Å²) in [5.74, 6) is 0. The third-order valence-electron chi connectivity index (χ3n) is 3.57. The third-order valence-corrected chi connectivity index (χ3v) is 3.57. The molecule has 96 valence electrons. The van der Waals surface area contributed by atoms with Crippen LogP contribution in [0.3, 0.4) is 0 Å². The maximum Gasteiger partial charge on any atom is 0.140 e. The fourth-order valence-corrected chi connectivity index (χ4v) is 2.66. The molecule has 1 unspecified atom stereocenters. The van der Waals surface area contributed by atoms with Gasteiger partial charge in [-0.15, -0.1) is 0 Å². The number of hydrogen-bond acceptors (Lipinski definition) is 4. The lowest BCUT2D eigenvalue weighted by Crippen LogP contribution is -2.40. The normalized spacial score (nSPS) is 20.6. The highest BCUT2D eigenvalue weighted by molar-refractivity contribution is 5.25. The van der Waals surface area contributed by atoms with E-state index in [1.165, 1.54) is 24.8 Å². The molecule has 1 atom stereocenters. The summed E-state index contributed by atoms with van der Waals surface area (Å²) < 4.78 is 0. The van der Waals surface area contributed by atoms with Gasteiger partial charge in [0.25, 0.3) is 0 Å². The minimum absolute atomic E-state index is 0.500. The fourth-order valence-electron chi connectivity index (χ4n) is 2.66. The van der Waals surface area contributed by atoms with E-state index in [0.29, 0.717) is 11.7 Å². The predicted molar refractivity (Wildman–Crippen MR) is 70.7 cm³/mol. The molecule has 18 heavy (non-hydrogen) atoms. The van der Waals surface area contributed by atoms with Crippen molar-refractivity contribution in [1.29, 1.82) is 5.26 Å². The number of rotatable bonds is 4. The molecule has 0 spiro atoms. The van der Waals surface area contributed by atoms with Gasteiger partial charge >= 0.3 is 0 Å². The second kappa shape index (κ2) is 6.48. The summed E-state index contributed by atoms with van der Waals surface area (Å²) in [7, 11) is 0. The second-order valence-corrected chi connectivity index (χ2v) is 4.86. The van der Waals surface area contributed by atoms with Gasteiger partial charge in [-0.05, 0) is 50.0 Å². The highest BCUT2D eigenvalue weighted by Gasteiger charge is 2.21. The molecule has 1 aliphatic heterocycles. The average Bonchev–Trinajstić information content (AvgIpc) is 2.41. The molecule has 4 heteroatoms. The van der Waals surface area contributed by atoms with E-state index in [9.17, 15) is 0 Å². The maximum atomic E-state index is 8.86. The van der Waals surface area contributed by atoms with E-state index in [0.717, 1.165) is 26.1 Å². The Hall–Kier alpha value is -1.44. The van der Waals surface area contributed by atoms with Gasteiger partial charge in [0.15, 0.2) is 0 Å². The van der Waals surface area contributed by atoms with Crippen molar-refractivity contribution in [3.63, 3.8) is 0 Å². The molecular formula is C14H20N4. The van der Waals surface area contributed by atoms with Crippen LogP contribution in [0.4, 0.5) is 0 Å². The highest BCUT2D eigenvalue weighted by Crippen LogP contribution is 2.21. The number of pyridine rings is 1. The molecular weight excluding hydrogens is 224 g/mol. The first-order valence-electron chi connectivity index (χ1n) is 6.62. The zero-order chi connectivity index (χ0) is 12.8. The van der Waals surface area contributed by atoms with Crippen LogP contribution in [-0.4, -0.2) is 29.0 Å². The molecule has 2 heterocycles. The number of nitrogens with two attached hydrogens (primary N) is 1. The Kier molecular flexibility index (Phi) is 4.68. The molecule has 0 aromatic carbocycles. The smallest absolute Gasteiger partial charge is 0.140 e. The number of nitrogens with zero attached hydrogens (tertiary/aromatic N) is 3. The lowest BCUT2D eigenvalue weighted by Gasteiger charge is -2.35. The molecule has 0 saturated carbocycles. The van der Waals surface area contributed by atoms with Crippen molar-refractivity contribution in [2.75, 3.05) is 13.1 Å². The Bertz CT molecular complexity index is 422. The summed E-state index contributed by atoms with van der Waals surface area (Å²) in [5, 5.41) is 8.86. The summed E-state index contributed by atoms with van der Waals surface area (Å²) in [6.07, 6.45) is 6.59. The summed E-state index contributed by atoms with van der Waals surface area (Å²) in [6, 6.07) is 6.57. The number of nitriles is 1. The SMILES string of the molecule is N#Cc1cc(CN2CCCCC2CCN)ccn1. The Morgan fingerprint density at radius 3 is 3.17 bits per heavy atom. The van der Waals surface area contributed by atoms with Crippen LogP contribution in [0.2, 0.25) is 0 Å². The molecule has 1 saturated heterocycles. The van der Waals surface area contributed by atoms with Gasteiger partial charge in [0.2, 0.25) is 0 Å². The molecule has 0 radical (unpaired) electrons. The van der Waals surface area contributed by atoms with Gasteiger partial charge in [-0.25, -0.2) is 4.98 Å². The molecule has 1 aromatic heterocycles. The molecule has 2 N–H and O–H groups in total. The van der Waals surface area contributed by atoms with Crippen LogP contribution in [0.1, 0.15) is 36.9 Å². The molecule has 0 aliphatic carbocycles. The average molecular weight is 244 g/mol. The minimum atomic E-state index is 0.500. The van der Waals surface area contributed by atoms with Crippen LogP contribution in [0.5, 0.6) is 0 Å². The Labute approximate surface area is 108 Å². The molecule has 0 bridgehead atoms. The standard InChI is InChI=1S/C14H20N4/c15-6-4-14-3-1-2-8-18(14)11-12-5-7-17-13(9-12)10-16/h5,7,9,14H,1-4,6,8,11,15H2. The van der Waals surface area contributed by atoms with Gasteiger partial charge in [-0.2, -0.15) is 5.26 Å².